The largest absolute Gasteiger partial charge is 0.356 e. The fourth-order valence-corrected chi connectivity index (χ4v) is 3.49. The highest BCUT2D eigenvalue weighted by molar-refractivity contribution is 14.0. The zero-order valence-corrected chi connectivity index (χ0v) is 18.5. The lowest BCUT2D eigenvalue weighted by molar-refractivity contribution is 0.223. The van der Waals surface area contributed by atoms with Gasteiger partial charge in [-0.2, -0.15) is 0 Å². The van der Waals surface area contributed by atoms with Crippen LogP contribution in [0.5, 0.6) is 0 Å². The number of rotatable bonds is 6. The molecule has 1 heterocycles. The molecule has 7 heteroatoms. The van der Waals surface area contributed by atoms with Crippen molar-refractivity contribution in [1.29, 1.82) is 0 Å². The van der Waals surface area contributed by atoms with Crippen LogP contribution in [0.15, 0.2) is 23.2 Å². The molecule has 0 radical (unpaired) electrons. The van der Waals surface area contributed by atoms with Crippen LogP contribution in [0.25, 0.3) is 0 Å². The van der Waals surface area contributed by atoms with E-state index in [0.717, 1.165) is 44.1 Å². The number of hydrogen-bond acceptors (Lipinski definition) is 2. The van der Waals surface area contributed by atoms with Gasteiger partial charge in [0.1, 0.15) is 0 Å². The van der Waals surface area contributed by atoms with Crippen molar-refractivity contribution in [3.8, 4) is 0 Å². The summed E-state index contributed by atoms with van der Waals surface area (Å²) >= 11 is 0. The minimum absolute atomic E-state index is 0. The van der Waals surface area contributed by atoms with Crippen LogP contribution >= 0.6 is 24.0 Å². The second-order valence-electron chi connectivity index (χ2n) is 6.61. The normalized spacial score (nSPS) is 18.8. The molecule has 0 bridgehead atoms. The molecular formula is C19H31F2IN4. The van der Waals surface area contributed by atoms with E-state index in [0.29, 0.717) is 12.6 Å². The minimum atomic E-state index is -0.806. The van der Waals surface area contributed by atoms with Gasteiger partial charge in [0, 0.05) is 32.7 Å². The van der Waals surface area contributed by atoms with Gasteiger partial charge in [-0.3, -0.25) is 9.89 Å². The molecule has 1 N–H and O–H groups in total. The maximum Gasteiger partial charge on any atom is 0.193 e. The van der Waals surface area contributed by atoms with E-state index in [9.17, 15) is 8.78 Å². The van der Waals surface area contributed by atoms with E-state index in [1.165, 1.54) is 12.1 Å². The molecule has 26 heavy (non-hydrogen) atoms. The average Bonchev–Trinajstić information content (AvgIpc) is 3.08. The van der Waals surface area contributed by atoms with E-state index in [-0.39, 0.29) is 29.9 Å². The number of nitrogens with zero attached hydrogens (tertiary/aromatic N) is 3. The Hall–Kier alpha value is -0.960. The summed E-state index contributed by atoms with van der Waals surface area (Å²) in [6.45, 7) is 11.1. The summed E-state index contributed by atoms with van der Waals surface area (Å²) in [5.41, 5.74) is 0.782. The van der Waals surface area contributed by atoms with Crippen molar-refractivity contribution in [3.05, 3.63) is 35.4 Å². The van der Waals surface area contributed by atoms with Gasteiger partial charge in [-0.05, 0) is 43.1 Å². The number of guanidine groups is 1. The third-order valence-electron chi connectivity index (χ3n) is 5.08. The summed E-state index contributed by atoms with van der Waals surface area (Å²) in [5.74, 6) is -0.660. The van der Waals surface area contributed by atoms with Gasteiger partial charge in [0.25, 0.3) is 0 Å². The first-order valence-electron chi connectivity index (χ1n) is 9.14. The Morgan fingerprint density at radius 2 is 2.00 bits per heavy atom. The van der Waals surface area contributed by atoms with E-state index in [2.05, 4.69) is 34.0 Å². The summed E-state index contributed by atoms with van der Waals surface area (Å²) < 4.78 is 26.5. The number of likely N-dealkylation sites (N-methyl/N-ethyl adjacent to an activating group) is 1. The lowest BCUT2D eigenvalue weighted by Gasteiger charge is -2.27. The Kier molecular flexibility index (Phi) is 9.78. The van der Waals surface area contributed by atoms with Crippen molar-refractivity contribution < 1.29 is 8.78 Å². The molecule has 2 atom stereocenters. The predicted molar refractivity (Wildman–Crippen MR) is 114 cm³/mol. The number of benzene rings is 1. The van der Waals surface area contributed by atoms with Gasteiger partial charge in [0.15, 0.2) is 17.6 Å². The fourth-order valence-electron chi connectivity index (χ4n) is 3.49. The Morgan fingerprint density at radius 3 is 2.58 bits per heavy atom. The molecule has 1 fully saturated rings. The molecule has 1 saturated heterocycles. The summed E-state index contributed by atoms with van der Waals surface area (Å²) in [7, 11) is 1.79. The number of hydrogen-bond donors (Lipinski definition) is 1. The van der Waals surface area contributed by atoms with Crippen LogP contribution in [-0.2, 0) is 0 Å². The predicted octanol–water partition coefficient (Wildman–Crippen LogP) is 3.68. The lowest BCUT2D eigenvalue weighted by atomic mass is 10.0. The van der Waals surface area contributed by atoms with Gasteiger partial charge in [-0.1, -0.05) is 26.8 Å². The highest BCUT2D eigenvalue weighted by Gasteiger charge is 2.28. The molecule has 0 amide bonds. The molecule has 0 spiro atoms. The molecule has 2 unspecified atom stereocenters. The van der Waals surface area contributed by atoms with Gasteiger partial charge in [0.05, 0.1) is 0 Å². The Bertz CT molecular complexity index is 593. The minimum Gasteiger partial charge on any atom is -0.356 e. The zero-order chi connectivity index (χ0) is 18.4. The highest BCUT2D eigenvalue weighted by Crippen LogP contribution is 2.18. The first-order valence-corrected chi connectivity index (χ1v) is 9.14. The van der Waals surface area contributed by atoms with Crippen molar-refractivity contribution in [2.24, 2.45) is 4.99 Å². The average molecular weight is 480 g/mol. The Balaban J connectivity index is 0.00000338. The van der Waals surface area contributed by atoms with Crippen molar-refractivity contribution in [1.82, 2.24) is 15.1 Å². The smallest absolute Gasteiger partial charge is 0.193 e. The molecule has 0 aromatic heterocycles. The van der Waals surface area contributed by atoms with Crippen molar-refractivity contribution in [2.75, 3.05) is 39.8 Å². The van der Waals surface area contributed by atoms with E-state index in [4.69, 9.17) is 0 Å². The topological polar surface area (TPSA) is 30.9 Å². The molecule has 1 aliphatic rings. The van der Waals surface area contributed by atoms with E-state index < -0.39 is 11.6 Å². The maximum atomic E-state index is 13.4. The fraction of sp³-hybridized carbons (Fsp3) is 0.632. The molecule has 1 aliphatic heterocycles. The highest BCUT2D eigenvalue weighted by atomic mass is 127. The third kappa shape index (κ3) is 5.77. The van der Waals surface area contributed by atoms with E-state index >= 15 is 0 Å². The van der Waals surface area contributed by atoms with Crippen LogP contribution in [0.3, 0.4) is 0 Å². The molecule has 2 rings (SSSR count). The summed E-state index contributed by atoms with van der Waals surface area (Å²) in [6, 6.07) is 4.67. The first kappa shape index (κ1) is 23.1. The molecule has 4 nitrogen and oxygen atoms in total. The molecule has 0 aliphatic carbocycles. The quantitative estimate of drug-likeness (QED) is 0.383. The molecule has 148 valence electrons. The second kappa shape index (κ2) is 11.0. The standard InChI is InChI=1S/C19H30F2N4.HI/c1-5-24(6-2)16-9-10-25(13-16)19(22-4)23-12-14(3)15-7-8-17(20)18(21)11-15;/h7-8,11,14,16H,5-6,9-10,12-13H2,1-4H3,(H,22,23);1H. The molecular weight excluding hydrogens is 449 g/mol. The Morgan fingerprint density at radius 1 is 1.31 bits per heavy atom. The number of aliphatic imine (C=N–C) groups is 1. The van der Waals surface area contributed by atoms with Crippen LogP contribution in [-0.4, -0.2) is 61.6 Å². The van der Waals surface area contributed by atoms with Gasteiger partial charge in [-0.15, -0.1) is 24.0 Å². The van der Waals surface area contributed by atoms with Crippen LogP contribution in [0.1, 0.15) is 38.7 Å². The van der Waals surface area contributed by atoms with Crippen molar-refractivity contribution >= 4 is 29.9 Å². The SMILES string of the molecule is CCN(CC)C1CCN(C(=NC)NCC(C)c2ccc(F)c(F)c2)C1.I. The van der Waals surface area contributed by atoms with Gasteiger partial charge < -0.3 is 10.2 Å². The van der Waals surface area contributed by atoms with E-state index in [1.807, 2.05) is 6.92 Å². The van der Waals surface area contributed by atoms with Gasteiger partial charge >= 0.3 is 0 Å². The monoisotopic (exact) mass is 480 g/mol. The van der Waals surface area contributed by atoms with Crippen molar-refractivity contribution in [2.45, 2.75) is 39.2 Å². The van der Waals surface area contributed by atoms with Crippen LogP contribution in [0.2, 0.25) is 0 Å². The van der Waals surface area contributed by atoms with Crippen LogP contribution < -0.4 is 5.32 Å². The third-order valence-corrected chi connectivity index (χ3v) is 5.08. The first-order chi connectivity index (χ1) is 12.0. The van der Waals surface area contributed by atoms with Crippen LogP contribution in [0, 0.1) is 11.6 Å². The van der Waals surface area contributed by atoms with Crippen molar-refractivity contribution in [3.63, 3.8) is 0 Å². The second-order valence-corrected chi connectivity index (χ2v) is 6.61. The van der Waals surface area contributed by atoms with Gasteiger partial charge in [0.2, 0.25) is 0 Å². The lowest BCUT2D eigenvalue weighted by Crippen LogP contribution is -2.44. The molecule has 1 aromatic rings. The summed E-state index contributed by atoms with van der Waals surface area (Å²) in [4.78, 5) is 9.15. The van der Waals surface area contributed by atoms with Crippen LogP contribution in [0.4, 0.5) is 8.78 Å². The molecule has 1 aromatic carbocycles. The molecule has 0 saturated carbocycles. The van der Waals surface area contributed by atoms with Gasteiger partial charge in [-0.25, -0.2) is 8.78 Å². The summed E-state index contributed by atoms with van der Waals surface area (Å²) in [6.07, 6.45) is 1.14. The zero-order valence-electron chi connectivity index (χ0n) is 16.1. The Labute approximate surface area is 173 Å². The summed E-state index contributed by atoms with van der Waals surface area (Å²) in [5, 5.41) is 3.38. The number of nitrogens with one attached hydrogen (secondary N) is 1. The number of halogens is 3. The maximum absolute atomic E-state index is 13.4. The van der Waals surface area contributed by atoms with E-state index in [1.54, 1.807) is 13.1 Å². The number of likely N-dealkylation sites (tertiary alicyclic amines) is 1.